The van der Waals surface area contributed by atoms with Crippen molar-refractivity contribution >= 4 is 12.0 Å². The number of benzene rings is 1. The molecule has 0 spiro atoms. The summed E-state index contributed by atoms with van der Waals surface area (Å²) < 4.78 is 15.6. The van der Waals surface area contributed by atoms with Gasteiger partial charge in [0.25, 0.3) is 0 Å². The maximum absolute atomic E-state index is 11.2. The summed E-state index contributed by atoms with van der Waals surface area (Å²) in [5, 5.41) is 9.15. The molecule has 0 heterocycles. The first-order chi connectivity index (χ1) is 10.2. The first-order valence-electron chi connectivity index (χ1n) is 6.82. The van der Waals surface area contributed by atoms with Gasteiger partial charge in [0.15, 0.2) is 0 Å². The summed E-state index contributed by atoms with van der Waals surface area (Å²) >= 11 is 0. The lowest BCUT2D eigenvalue weighted by molar-refractivity contribution is 0.0255. The van der Waals surface area contributed by atoms with Gasteiger partial charge in [0.05, 0.1) is 38.6 Å². The molecule has 0 aliphatic rings. The summed E-state index contributed by atoms with van der Waals surface area (Å²) in [5.41, 5.74) is 1.96. The summed E-state index contributed by atoms with van der Waals surface area (Å²) in [6.45, 7) is 6.23. The first-order valence-corrected chi connectivity index (χ1v) is 6.82. The molecule has 5 heteroatoms. The molecule has 0 fully saturated rings. The molecule has 1 aromatic rings. The summed E-state index contributed by atoms with van der Waals surface area (Å²) in [5.74, 6) is -0.927. The SMILES string of the molecule is C=Cc1ccc(C(=O)O)c(CCOCCOCCOC)c1. The van der Waals surface area contributed by atoms with Gasteiger partial charge < -0.3 is 19.3 Å². The van der Waals surface area contributed by atoms with Crippen molar-refractivity contribution in [1.82, 2.24) is 0 Å². The van der Waals surface area contributed by atoms with E-state index in [9.17, 15) is 4.79 Å². The molecule has 1 aromatic carbocycles. The van der Waals surface area contributed by atoms with Crippen LogP contribution in [0.1, 0.15) is 21.5 Å². The van der Waals surface area contributed by atoms with Crippen LogP contribution in [0.5, 0.6) is 0 Å². The Labute approximate surface area is 125 Å². The van der Waals surface area contributed by atoms with Gasteiger partial charge in [-0.05, 0) is 23.6 Å². The van der Waals surface area contributed by atoms with Crippen LogP contribution in [0.4, 0.5) is 0 Å². The number of carbonyl (C=O) groups is 1. The lowest BCUT2D eigenvalue weighted by Crippen LogP contribution is -2.11. The molecule has 0 saturated heterocycles. The van der Waals surface area contributed by atoms with Gasteiger partial charge >= 0.3 is 5.97 Å². The highest BCUT2D eigenvalue weighted by molar-refractivity contribution is 5.89. The van der Waals surface area contributed by atoms with Gasteiger partial charge in [-0.2, -0.15) is 0 Å². The number of carboxylic acids is 1. The van der Waals surface area contributed by atoms with E-state index in [4.69, 9.17) is 19.3 Å². The van der Waals surface area contributed by atoms with E-state index in [1.54, 1.807) is 25.3 Å². The summed E-state index contributed by atoms with van der Waals surface area (Å²) in [6, 6.07) is 5.17. The third kappa shape index (κ3) is 6.53. The lowest BCUT2D eigenvalue weighted by Gasteiger charge is -2.09. The monoisotopic (exact) mass is 294 g/mol. The zero-order valence-electron chi connectivity index (χ0n) is 12.3. The van der Waals surface area contributed by atoms with Crippen LogP contribution >= 0.6 is 0 Å². The standard InChI is InChI=1S/C16H22O5/c1-3-13-4-5-15(16(17)18)14(12-13)6-7-20-10-11-21-9-8-19-2/h3-5,12H,1,6-11H2,2H3,(H,17,18). The van der Waals surface area contributed by atoms with Gasteiger partial charge in [0, 0.05) is 7.11 Å². The second-order valence-electron chi connectivity index (χ2n) is 4.39. The first kappa shape index (κ1) is 17.4. The second-order valence-corrected chi connectivity index (χ2v) is 4.39. The van der Waals surface area contributed by atoms with Gasteiger partial charge in [0.1, 0.15) is 0 Å². The van der Waals surface area contributed by atoms with Crippen LogP contribution in [0, 0.1) is 0 Å². The molecule has 0 unspecified atom stereocenters. The minimum atomic E-state index is -0.927. The van der Waals surface area contributed by atoms with Crippen LogP contribution in [0.25, 0.3) is 6.08 Å². The van der Waals surface area contributed by atoms with E-state index in [1.165, 1.54) is 0 Å². The molecule has 1 N–H and O–H groups in total. The summed E-state index contributed by atoms with van der Waals surface area (Å²) in [6.07, 6.45) is 2.24. The van der Waals surface area contributed by atoms with Crippen molar-refractivity contribution in [2.45, 2.75) is 6.42 Å². The number of hydrogen-bond acceptors (Lipinski definition) is 4. The van der Waals surface area contributed by atoms with Gasteiger partial charge in [-0.15, -0.1) is 0 Å². The van der Waals surface area contributed by atoms with Crippen molar-refractivity contribution < 1.29 is 24.1 Å². The van der Waals surface area contributed by atoms with Crippen LogP contribution in [0.15, 0.2) is 24.8 Å². The van der Waals surface area contributed by atoms with E-state index < -0.39 is 5.97 Å². The Hall–Kier alpha value is -1.69. The molecule has 116 valence electrons. The Bertz CT molecular complexity index is 456. The molecule has 1 rings (SSSR count). The third-order valence-corrected chi connectivity index (χ3v) is 2.91. The highest BCUT2D eigenvalue weighted by Crippen LogP contribution is 2.14. The predicted molar refractivity (Wildman–Crippen MR) is 80.7 cm³/mol. The molecule has 0 atom stereocenters. The zero-order valence-corrected chi connectivity index (χ0v) is 12.3. The van der Waals surface area contributed by atoms with E-state index in [0.717, 1.165) is 11.1 Å². The molecule has 5 nitrogen and oxygen atoms in total. The van der Waals surface area contributed by atoms with E-state index in [0.29, 0.717) is 45.0 Å². The quantitative estimate of drug-likeness (QED) is 0.634. The smallest absolute Gasteiger partial charge is 0.335 e. The molecule has 0 radical (unpaired) electrons. The molecule has 0 amide bonds. The highest BCUT2D eigenvalue weighted by atomic mass is 16.5. The maximum atomic E-state index is 11.2. The minimum absolute atomic E-state index is 0.306. The summed E-state index contributed by atoms with van der Waals surface area (Å²) in [4.78, 5) is 11.2. The second kappa shape index (κ2) is 10.1. The fourth-order valence-electron chi connectivity index (χ4n) is 1.80. The zero-order chi connectivity index (χ0) is 15.5. The van der Waals surface area contributed by atoms with Crippen molar-refractivity contribution in [3.63, 3.8) is 0 Å². The van der Waals surface area contributed by atoms with Gasteiger partial charge in [-0.3, -0.25) is 0 Å². The molecule has 0 bridgehead atoms. The van der Waals surface area contributed by atoms with Crippen molar-refractivity contribution in [3.05, 3.63) is 41.5 Å². The summed E-state index contributed by atoms with van der Waals surface area (Å²) in [7, 11) is 1.62. The largest absolute Gasteiger partial charge is 0.478 e. The number of ether oxygens (including phenoxy) is 3. The predicted octanol–water partition coefficient (Wildman–Crippen LogP) is 2.25. The topological polar surface area (TPSA) is 65.0 Å². The van der Waals surface area contributed by atoms with Crippen LogP contribution in [0.3, 0.4) is 0 Å². The third-order valence-electron chi connectivity index (χ3n) is 2.91. The number of carboxylic acid groups (broad SMARTS) is 1. The van der Waals surface area contributed by atoms with E-state index in [1.807, 2.05) is 6.07 Å². The van der Waals surface area contributed by atoms with Crippen molar-refractivity contribution in [3.8, 4) is 0 Å². The molecule has 0 saturated carbocycles. The Morgan fingerprint density at radius 2 is 1.86 bits per heavy atom. The van der Waals surface area contributed by atoms with Crippen molar-refractivity contribution in [1.29, 1.82) is 0 Å². The van der Waals surface area contributed by atoms with E-state index >= 15 is 0 Å². The average molecular weight is 294 g/mol. The number of hydrogen-bond donors (Lipinski definition) is 1. The molecule has 0 aromatic heterocycles. The number of aromatic carboxylic acids is 1. The van der Waals surface area contributed by atoms with Gasteiger partial charge in [0.2, 0.25) is 0 Å². The normalized spacial score (nSPS) is 10.5. The number of methoxy groups -OCH3 is 1. The molecule has 0 aliphatic carbocycles. The molecule has 21 heavy (non-hydrogen) atoms. The Morgan fingerprint density at radius 3 is 2.48 bits per heavy atom. The molecule has 0 aliphatic heterocycles. The minimum Gasteiger partial charge on any atom is -0.478 e. The van der Waals surface area contributed by atoms with Crippen LogP contribution in [-0.4, -0.2) is 51.2 Å². The maximum Gasteiger partial charge on any atom is 0.335 e. The lowest BCUT2D eigenvalue weighted by atomic mass is 10.0. The molecular formula is C16H22O5. The van der Waals surface area contributed by atoms with Gasteiger partial charge in [-0.25, -0.2) is 4.79 Å². The van der Waals surface area contributed by atoms with Crippen molar-refractivity contribution in [2.75, 3.05) is 40.1 Å². The van der Waals surface area contributed by atoms with Crippen LogP contribution < -0.4 is 0 Å². The average Bonchev–Trinajstić information content (AvgIpc) is 2.49. The fourth-order valence-corrected chi connectivity index (χ4v) is 1.80. The fraction of sp³-hybridized carbons (Fsp3) is 0.438. The number of rotatable bonds is 11. The van der Waals surface area contributed by atoms with E-state index in [2.05, 4.69) is 6.58 Å². The van der Waals surface area contributed by atoms with Crippen LogP contribution in [-0.2, 0) is 20.6 Å². The van der Waals surface area contributed by atoms with E-state index in [-0.39, 0.29) is 0 Å². The van der Waals surface area contributed by atoms with Crippen LogP contribution in [0.2, 0.25) is 0 Å². The highest BCUT2D eigenvalue weighted by Gasteiger charge is 2.09. The Kier molecular flexibility index (Phi) is 8.35. The van der Waals surface area contributed by atoms with Crippen molar-refractivity contribution in [2.24, 2.45) is 0 Å². The molecular weight excluding hydrogens is 272 g/mol. The Balaban J connectivity index is 2.36. The van der Waals surface area contributed by atoms with Gasteiger partial charge in [-0.1, -0.05) is 24.8 Å². The Morgan fingerprint density at radius 1 is 1.19 bits per heavy atom.